The molecule has 20 nitrogen and oxygen atoms in total. The first-order valence-electron chi connectivity index (χ1n) is 21.9. The lowest BCUT2D eigenvalue weighted by molar-refractivity contribution is 0.151. The third kappa shape index (κ3) is 78.9. The Bertz CT molecular complexity index is 1180. The van der Waals surface area contributed by atoms with Gasteiger partial charge < -0.3 is 67.2 Å². The average Bonchev–Trinajstić information content (AvgIpc) is 3.25. The molecule has 70 heavy (non-hydrogen) atoms. The van der Waals surface area contributed by atoms with Crippen LogP contribution in [0, 0.1) is 23.7 Å². The lowest BCUT2D eigenvalue weighted by atomic mass is 9.98. The molecule has 0 heterocycles. The second-order valence-corrected chi connectivity index (χ2v) is 21.2. The second kappa shape index (κ2) is 59.3. The highest BCUT2D eigenvalue weighted by Gasteiger charge is 2.20. The molecule has 14 N–H and O–H groups in total. The summed E-state index contributed by atoms with van der Waals surface area (Å²) in [5.41, 5.74) is 21.9. The molecule has 0 unspecified atom stereocenters. The van der Waals surface area contributed by atoms with Crippen LogP contribution in [0.15, 0.2) is 0 Å². The number of halogens is 9. The summed E-state index contributed by atoms with van der Waals surface area (Å²) in [5.74, 6) is 7.34. The number of carbonyl (C=O) groups excluding carboxylic acids is 5. The van der Waals surface area contributed by atoms with Crippen molar-refractivity contribution in [3.8, 4) is 0 Å². The largest absolute Gasteiger partial charge is 0.450 e. The number of ether oxygens (including phenoxy) is 4. The van der Waals surface area contributed by atoms with Gasteiger partial charge in [-0.15, -0.1) is 104 Å². The van der Waals surface area contributed by atoms with Crippen LogP contribution in [-0.2, 0) is 28.1 Å². The zero-order valence-corrected chi connectivity index (χ0v) is 48.1. The van der Waals surface area contributed by atoms with E-state index in [1.807, 2.05) is 0 Å². The van der Waals surface area contributed by atoms with Crippen LogP contribution < -0.4 is 28.7 Å². The molecule has 0 fully saturated rings. The van der Waals surface area contributed by atoms with Crippen LogP contribution in [-0.4, -0.2) is 135 Å². The Balaban J connectivity index is -0.000000179. The molecule has 0 rings (SSSR count). The molecular weight excluding hydrogens is 1160 g/mol. The molecule has 0 aliphatic rings. The highest BCUT2D eigenvalue weighted by Crippen LogP contribution is 2.34. The molecule has 0 spiro atoms. The lowest BCUT2D eigenvalue weighted by Gasteiger charge is -2.13. The van der Waals surface area contributed by atoms with E-state index >= 15 is 0 Å². The summed E-state index contributed by atoms with van der Waals surface area (Å²) in [4.78, 5) is 82.0. The third-order valence-electron chi connectivity index (χ3n) is 8.81. The normalized spacial score (nSPS) is 10.7. The van der Waals surface area contributed by atoms with E-state index < -0.39 is 45.2 Å². The summed E-state index contributed by atoms with van der Waals surface area (Å²) in [6.07, 6.45) is 11.8. The van der Waals surface area contributed by atoms with Gasteiger partial charge in [-0.3, -0.25) is 9.36 Å². The minimum Gasteiger partial charge on any atom is -0.450 e. The van der Waals surface area contributed by atoms with E-state index in [1.165, 1.54) is 0 Å². The third-order valence-corrected chi connectivity index (χ3v) is 12.4. The van der Waals surface area contributed by atoms with E-state index in [9.17, 15) is 33.1 Å². The first-order chi connectivity index (χ1) is 32.8. The molecule has 0 aromatic heterocycles. The fourth-order valence-electron chi connectivity index (χ4n) is 5.26. The van der Waals surface area contributed by atoms with Crippen molar-refractivity contribution in [2.45, 2.75) is 103 Å². The van der Waals surface area contributed by atoms with E-state index in [0.29, 0.717) is 97.1 Å². The highest BCUT2D eigenvalue weighted by atomic mass is 35.5. The first kappa shape index (κ1) is 80.8. The number of alkyl halides is 9. The Hall–Kier alpha value is -0.540. The van der Waals surface area contributed by atoms with Crippen molar-refractivity contribution in [1.29, 1.82) is 0 Å². The average molecular weight is 1240 g/mol. The summed E-state index contributed by atoms with van der Waals surface area (Å²) >= 11 is 50.2. The Labute approximate surface area is 458 Å². The van der Waals surface area contributed by atoms with Crippen molar-refractivity contribution in [2.24, 2.45) is 52.3 Å². The summed E-state index contributed by atoms with van der Waals surface area (Å²) in [7, 11) is -8.40. The molecule has 0 aliphatic heterocycles. The van der Waals surface area contributed by atoms with Crippen LogP contribution in [0.2, 0.25) is 0 Å². The van der Waals surface area contributed by atoms with Crippen molar-refractivity contribution >= 4 is 150 Å². The quantitative estimate of drug-likeness (QED) is 0.0123. The summed E-state index contributed by atoms with van der Waals surface area (Å²) in [6, 6.07) is 0. The molecule has 0 atom stereocenters. The molecule has 0 aromatic rings. The summed E-state index contributed by atoms with van der Waals surface area (Å²) in [5, 5.41) is 0. The topological polar surface area (TPSA) is 367 Å². The van der Waals surface area contributed by atoms with Gasteiger partial charge >= 0.3 is 45.2 Å². The van der Waals surface area contributed by atoms with Crippen LogP contribution in [0.4, 0.5) is 24.0 Å². The first-order valence-corrected chi connectivity index (χ1v) is 30.2. The maximum atomic E-state index is 10.3. The molecule has 0 radical (unpaired) electrons. The van der Waals surface area contributed by atoms with Crippen LogP contribution >= 0.6 is 120 Å². The van der Waals surface area contributed by atoms with Crippen molar-refractivity contribution in [2.75, 3.05) is 85.5 Å². The highest BCUT2D eigenvalue weighted by molar-refractivity contribution is 7.69. The van der Waals surface area contributed by atoms with Gasteiger partial charge in [0, 0.05) is 52.9 Å². The molecule has 0 aromatic carbocycles. The molecule has 31 heteroatoms. The number of hydrogen-bond donors (Lipinski definition) is 9. The minimum absolute atomic E-state index is 0.0181. The zero-order chi connectivity index (χ0) is 55.2. The zero-order valence-electron chi connectivity index (χ0n) is 39.5. The van der Waals surface area contributed by atoms with Gasteiger partial charge in [-0.05, 0) is 126 Å². The number of rotatable bonds is 35. The SMILES string of the molecule is NC(=O)OCCCC(CCCl)CCCl.NC(=O)OCCCC(CCCl)CCCl.NC(=O)OCCCC(CCCl)CCCl.NC(=O)OCCCC(CCCl)CCCl.NC(=O)P(=O)(O)O.O=P(O)(O)CCCl. The molecule has 0 aliphatic carbocycles. The Morgan fingerprint density at radius 3 is 0.614 bits per heavy atom. The van der Waals surface area contributed by atoms with Crippen LogP contribution in [0.1, 0.15) is 103 Å². The Morgan fingerprint density at radius 2 is 0.529 bits per heavy atom. The molecular formula is C39H78Cl9N5O15P2. The smallest absolute Gasteiger partial charge is 0.412 e. The monoisotopic (exact) mass is 1230 g/mol. The minimum atomic E-state index is -4.60. The fourth-order valence-corrected chi connectivity index (χ4v) is 8.61. The van der Waals surface area contributed by atoms with Gasteiger partial charge in [0.15, 0.2) is 0 Å². The van der Waals surface area contributed by atoms with E-state index in [2.05, 4.69) is 24.7 Å². The predicted molar refractivity (Wildman–Crippen MR) is 285 cm³/mol. The van der Waals surface area contributed by atoms with Crippen molar-refractivity contribution in [1.82, 2.24) is 0 Å². The molecule has 0 saturated carbocycles. The molecule has 5 amide bonds. The van der Waals surface area contributed by atoms with Gasteiger partial charge in [-0.25, -0.2) is 23.7 Å². The number of primary amides is 5. The van der Waals surface area contributed by atoms with E-state index in [1.54, 1.807) is 0 Å². The van der Waals surface area contributed by atoms with Crippen molar-refractivity contribution in [3.63, 3.8) is 0 Å². The van der Waals surface area contributed by atoms with Crippen molar-refractivity contribution in [3.05, 3.63) is 0 Å². The van der Waals surface area contributed by atoms with Gasteiger partial charge in [-0.2, -0.15) is 0 Å². The van der Waals surface area contributed by atoms with Gasteiger partial charge in [0.05, 0.1) is 32.6 Å². The number of carbonyl (C=O) groups is 5. The van der Waals surface area contributed by atoms with E-state index in [-0.39, 0.29) is 12.0 Å². The maximum Gasteiger partial charge on any atom is 0.412 e. The standard InChI is InChI=1S/4C9H17Cl2NO2.C2H6ClO3P.CH4NO4P/c4*10-5-3-8(4-6-11)2-1-7-14-9(12)13;3-1-2-7(4,5)6;2-1(3)7(4,5)6/h4*8H,1-7H2,(H2,12,13);1-2H2,(H2,4,5,6);(H2,2,3)(H2,4,5,6). The van der Waals surface area contributed by atoms with Crippen LogP contribution in [0.3, 0.4) is 0 Å². The number of nitrogens with two attached hydrogens (primary N) is 5. The summed E-state index contributed by atoms with van der Waals surface area (Å²) in [6.45, 7) is 1.54. The van der Waals surface area contributed by atoms with Crippen molar-refractivity contribution < 1.29 is 71.6 Å². The maximum absolute atomic E-state index is 10.3. The van der Waals surface area contributed by atoms with Gasteiger partial charge in [-0.1, -0.05) is 0 Å². The predicted octanol–water partition coefficient (Wildman–Crippen LogP) is 10.6. The van der Waals surface area contributed by atoms with Gasteiger partial charge in [0.1, 0.15) is 0 Å². The number of amides is 5. The molecule has 0 bridgehead atoms. The van der Waals surface area contributed by atoms with E-state index in [0.717, 1.165) is 103 Å². The Morgan fingerprint density at radius 1 is 0.357 bits per heavy atom. The fraction of sp³-hybridized carbons (Fsp3) is 0.872. The summed E-state index contributed by atoms with van der Waals surface area (Å²) < 4.78 is 37.9. The Kier molecular flexibility index (Phi) is 68.5. The second-order valence-electron chi connectivity index (χ2n) is 14.5. The van der Waals surface area contributed by atoms with E-state index in [4.69, 9.17) is 147 Å². The lowest BCUT2D eigenvalue weighted by Crippen LogP contribution is -2.14. The van der Waals surface area contributed by atoms with Crippen LogP contribution in [0.5, 0.6) is 0 Å². The van der Waals surface area contributed by atoms with Gasteiger partial charge in [0.25, 0.3) is 0 Å². The van der Waals surface area contributed by atoms with Crippen LogP contribution in [0.25, 0.3) is 0 Å². The van der Waals surface area contributed by atoms with Gasteiger partial charge in [0.2, 0.25) is 0 Å². The number of hydrogen-bond acceptors (Lipinski definition) is 11. The molecule has 0 saturated heterocycles. The molecule has 422 valence electrons.